The molecule has 2 N–H and O–H groups in total. The summed E-state index contributed by atoms with van der Waals surface area (Å²) in [5, 5.41) is 25.2. The molecule has 1 saturated heterocycles. The molecule has 0 amide bonds. The molecule has 1 aliphatic heterocycles. The highest BCUT2D eigenvalue weighted by Gasteiger charge is 2.35. The first-order chi connectivity index (χ1) is 18.1. The topological polar surface area (TPSA) is 86.8 Å². The van der Waals surface area contributed by atoms with Crippen molar-refractivity contribution in [2.45, 2.75) is 32.4 Å². The number of aryl methyl sites for hydroxylation is 1. The molecule has 8 nitrogen and oxygen atoms in total. The number of hydrogen-bond acceptors (Lipinski definition) is 6. The first kappa shape index (κ1) is 26.1. The number of halogens is 1. The van der Waals surface area contributed by atoms with Crippen molar-refractivity contribution in [3.8, 4) is 11.4 Å². The molecule has 9 heteroatoms. The van der Waals surface area contributed by atoms with Crippen LogP contribution in [0, 0.1) is 6.92 Å². The van der Waals surface area contributed by atoms with E-state index in [9.17, 15) is 15.0 Å². The van der Waals surface area contributed by atoms with E-state index in [1.54, 1.807) is 23.6 Å². The van der Waals surface area contributed by atoms with Crippen LogP contribution in [-0.4, -0.2) is 50.7 Å². The van der Waals surface area contributed by atoms with Gasteiger partial charge in [0.15, 0.2) is 0 Å². The Bertz CT molecular complexity index is 1450. The van der Waals surface area contributed by atoms with Gasteiger partial charge < -0.3 is 20.0 Å². The van der Waals surface area contributed by atoms with Crippen molar-refractivity contribution in [2.24, 2.45) is 0 Å². The summed E-state index contributed by atoms with van der Waals surface area (Å²) >= 11 is 3.42. The number of rotatable bonds is 6. The number of aromatic hydroxyl groups is 1. The standard InChI is InChI=1S/C29H32BrN5O3/c1-20-31-35(29(2,3)27(37)21-4-6-22(30)7-5-21)28(38)34(20)25-10-8-23(9-11-25)32-16-18-33(19-17-32)24-12-14-26(36)15-13-24/h4-15,27,36-37H,16-19H2,1-3H3. The van der Waals surface area contributed by atoms with Gasteiger partial charge in [-0.1, -0.05) is 28.1 Å². The van der Waals surface area contributed by atoms with Crippen molar-refractivity contribution in [3.05, 3.63) is 99.1 Å². The zero-order chi connectivity index (χ0) is 27.0. The minimum Gasteiger partial charge on any atom is -0.508 e. The summed E-state index contributed by atoms with van der Waals surface area (Å²) in [7, 11) is 0. The maximum Gasteiger partial charge on any atom is 0.351 e. The molecule has 5 rings (SSSR count). The van der Waals surface area contributed by atoms with Crippen molar-refractivity contribution in [1.82, 2.24) is 14.3 Å². The van der Waals surface area contributed by atoms with Gasteiger partial charge in [-0.3, -0.25) is 0 Å². The van der Waals surface area contributed by atoms with Gasteiger partial charge in [0.1, 0.15) is 17.7 Å². The molecule has 198 valence electrons. The summed E-state index contributed by atoms with van der Waals surface area (Å²) in [6, 6.07) is 22.7. The highest BCUT2D eigenvalue weighted by molar-refractivity contribution is 9.10. The number of aliphatic hydroxyl groups is 1. The van der Waals surface area contributed by atoms with E-state index >= 15 is 0 Å². The molecule has 1 unspecified atom stereocenters. The second kappa shape index (κ2) is 10.3. The van der Waals surface area contributed by atoms with Crippen LogP contribution in [0.4, 0.5) is 11.4 Å². The van der Waals surface area contributed by atoms with Crippen molar-refractivity contribution < 1.29 is 10.2 Å². The van der Waals surface area contributed by atoms with E-state index in [1.807, 2.05) is 74.5 Å². The second-order valence-electron chi connectivity index (χ2n) is 10.2. The van der Waals surface area contributed by atoms with Crippen LogP contribution in [0.1, 0.15) is 31.3 Å². The Labute approximate surface area is 230 Å². The number of phenols is 1. The molecule has 0 spiro atoms. The van der Waals surface area contributed by atoms with Crippen LogP contribution in [-0.2, 0) is 5.54 Å². The third-order valence-corrected chi connectivity index (χ3v) is 7.84. The van der Waals surface area contributed by atoms with Gasteiger partial charge in [-0.15, -0.1) is 0 Å². The van der Waals surface area contributed by atoms with Gasteiger partial charge >= 0.3 is 5.69 Å². The third kappa shape index (κ3) is 4.96. The summed E-state index contributed by atoms with van der Waals surface area (Å²) in [6.45, 7) is 8.95. The number of hydrogen-bond donors (Lipinski definition) is 2. The number of benzene rings is 3. The summed E-state index contributed by atoms with van der Waals surface area (Å²) in [5.74, 6) is 0.832. The van der Waals surface area contributed by atoms with Crippen LogP contribution in [0.3, 0.4) is 0 Å². The molecule has 0 saturated carbocycles. The predicted molar refractivity (Wildman–Crippen MR) is 154 cm³/mol. The first-order valence-electron chi connectivity index (χ1n) is 12.7. The predicted octanol–water partition coefficient (Wildman–Crippen LogP) is 4.61. The SMILES string of the molecule is Cc1nn(C(C)(C)C(O)c2ccc(Br)cc2)c(=O)n1-c1ccc(N2CCN(c3ccc(O)cc3)CC2)cc1. The lowest BCUT2D eigenvalue weighted by atomic mass is 9.91. The average molecular weight is 579 g/mol. The number of aliphatic hydroxyl groups excluding tert-OH is 1. The van der Waals surface area contributed by atoms with Gasteiger partial charge in [0, 0.05) is 42.0 Å². The molecular weight excluding hydrogens is 546 g/mol. The summed E-state index contributed by atoms with van der Waals surface area (Å²) in [5.41, 5.74) is 2.41. The zero-order valence-corrected chi connectivity index (χ0v) is 23.3. The third-order valence-electron chi connectivity index (χ3n) is 7.31. The number of phenolic OH excluding ortho intramolecular Hbond substituents is 1. The number of aromatic nitrogens is 3. The first-order valence-corrected chi connectivity index (χ1v) is 13.5. The summed E-state index contributed by atoms with van der Waals surface area (Å²) < 4.78 is 3.89. The molecule has 1 aliphatic rings. The molecule has 0 bridgehead atoms. The Morgan fingerprint density at radius 1 is 0.816 bits per heavy atom. The minimum atomic E-state index is -0.960. The molecule has 0 aliphatic carbocycles. The summed E-state index contributed by atoms with van der Waals surface area (Å²) in [6.07, 6.45) is -0.918. The fraction of sp³-hybridized carbons (Fsp3) is 0.310. The van der Waals surface area contributed by atoms with Crippen LogP contribution in [0.5, 0.6) is 5.75 Å². The quantitative estimate of drug-likeness (QED) is 0.348. The number of anilines is 2. The number of piperazine rings is 1. The van der Waals surface area contributed by atoms with Crippen LogP contribution < -0.4 is 15.5 Å². The maximum atomic E-state index is 13.5. The minimum absolute atomic E-state index is 0.275. The number of nitrogens with zero attached hydrogens (tertiary/aromatic N) is 5. The molecule has 38 heavy (non-hydrogen) atoms. The van der Waals surface area contributed by atoms with Crippen molar-refractivity contribution in [2.75, 3.05) is 36.0 Å². The molecule has 3 aromatic carbocycles. The van der Waals surface area contributed by atoms with Gasteiger partial charge in [0.2, 0.25) is 0 Å². The Kier molecular flexibility index (Phi) is 7.07. The molecule has 2 heterocycles. The lowest BCUT2D eigenvalue weighted by molar-refractivity contribution is 0.0455. The van der Waals surface area contributed by atoms with E-state index in [-0.39, 0.29) is 11.4 Å². The molecule has 1 atom stereocenters. The fourth-order valence-electron chi connectivity index (χ4n) is 5.01. The van der Waals surface area contributed by atoms with E-state index < -0.39 is 11.6 Å². The molecular formula is C29H32BrN5O3. The summed E-state index contributed by atoms with van der Waals surface area (Å²) in [4.78, 5) is 18.2. The van der Waals surface area contributed by atoms with E-state index in [4.69, 9.17) is 0 Å². The smallest absolute Gasteiger partial charge is 0.351 e. The van der Waals surface area contributed by atoms with E-state index in [0.29, 0.717) is 11.4 Å². The molecule has 0 radical (unpaired) electrons. The molecule has 4 aromatic rings. The van der Waals surface area contributed by atoms with Crippen LogP contribution >= 0.6 is 15.9 Å². The molecule has 1 aromatic heterocycles. The van der Waals surface area contributed by atoms with Gasteiger partial charge in [0.25, 0.3) is 0 Å². The van der Waals surface area contributed by atoms with Gasteiger partial charge in [0.05, 0.1) is 11.2 Å². The van der Waals surface area contributed by atoms with E-state index in [0.717, 1.165) is 47.7 Å². The zero-order valence-electron chi connectivity index (χ0n) is 21.8. The molecule has 1 fully saturated rings. The second-order valence-corrected chi connectivity index (χ2v) is 11.1. The van der Waals surface area contributed by atoms with Gasteiger partial charge in [-0.05, 0) is 87.0 Å². The fourth-order valence-corrected chi connectivity index (χ4v) is 5.27. The van der Waals surface area contributed by atoms with E-state index in [1.165, 1.54) is 4.68 Å². The Morgan fingerprint density at radius 2 is 1.29 bits per heavy atom. The Balaban J connectivity index is 1.32. The maximum absolute atomic E-state index is 13.5. The van der Waals surface area contributed by atoms with Gasteiger partial charge in [-0.2, -0.15) is 5.10 Å². The Hall–Kier alpha value is -3.56. The largest absolute Gasteiger partial charge is 0.508 e. The highest BCUT2D eigenvalue weighted by atomic mass is 79.9. The van der Waals surface area contributed by atoms with E-state index in [2.05, 4.69) is 30.8 Å². The van der Waals surface area contributed by atoms with Crippen LogP contribution in [0.25, 0.3) is 5.69 Å². The average Bonchev–Trinajstić information content (AvgIpc) is 3.23. The van der Waals surface area contributed by atoms with Crippen molar-refractivity contribution in [3.63, 3.8) is 0 Å². The Morgan fingerprint density at radius 3 is 1.82 bits per heavy atom. The lowest BCUT2D eigenvalue weighted by Crippen LogP contribution is -2.46. The van der Waals surface area contributed by atoms with Crippen molar-refractivity contribution in [1.29, 1.82) is 0 Å². The van der Waals surface area contributed by atoms with Crippen LogP contribution in [0.2, 0.25) is 0 Å². The highest BCUT2D eigenvalue weighted by Crippen LogP contribution is 2.32. The normalized spacial score (nSPS) is 15.1. The monoisotopic (exact) mass is 577 g/mol. The van der Waals surface area contributed by atoms with Crippen LogP contribution in [0.15, 0.2) is 82.1 Å². The van der Waals surface area contributed by atoms with Gasteiger partial charge in [-0.25, -0.2) is 14.0 Å². The lowest BCUT2D eigenvalue weighted by Gasteiger charge is -2.37. The van der Waals surface area contributed by atoms with Crippen molar-refractivity contribution >= 4 is 27.3 Å².